The average molecular weight is 358 g/mol. The summed E-state index contributed by atoms with van der Waals surface area (Å²) in [6.45, 7) is 0.944. The molecule has 2 aromatic heterocycles. The van der Waals surface area contributed by atoms with Crippen molar-refractivity contribution in [2.24, 2.45) is 0 Å². The second kappa shape index (κ2) is 8.25. The summed E-state index contributed by atoms with van der Waals surface area (Å²) in [7, 11) is 0. The van der Waals surface area contributed by atoms with Crippen LogP contribution in [0.1, 0.15) is 0 Å². The third-order valence-corrected chi connectivity index (χ3v) is 3.59. The molecular weight excluding hydrogens is 342 g/mol. The van der Waals surface area contributed by atoms with Gasteiger partial charge in [0.05, 0.1) is 0 Å². The lowest BCUT2D eigenvalue weighted by Crippen LogP contribution is -2.31. The molecule has 0 unspecified atom stereocenters. The number of nitrogens with one attached hydrogen (secondary N) is 1. The largest absolute Gasteiger partial charge is 0.484 e. The van der Waals surface area contributed by atoms with Crippen molar-refractivity contribution in [1.82, 2.24) is 24.8 Å². The third-order valence-electron chi connectivity index (χ3n) is 3.34. The number of hydrogen-bond donors (Lipinski definition) is 1. The van der Waals surface area contributed by atoms with Gasteiger partial charge in [-0.1, -0.05) is 11.6 Å². The van der Waals surface area contributed by atoms with Crippen molar-refractivity contribution >= 4 is 17.5 Å². The van der Waals surface area contributed by atoms with Crippen molar-refractivity contribution < 1.29 is 9.53 Å². The summed E-state index contributed by atoms with van der Waals surface area (Å²) >= 11 is 5.80. The number of halogens is 1. The maximum Gasteiger partial charge on any atom is 0.258 e. The summed E-state index contributed by atoms with van der Waals surface area (Å²) < 4.78 is 7.28. The summed E-state index contributed by atoms with van der Waals surface area (Å²) in [5, 5.41) is 3.42. The Kier molecular flexibility index (Phi) is 5.58. The van der Waals surface area contributed by atoms with E-state index >= 15 is 0 Å². The van der Waals surface area contributed by atoms with Gasteiger partial charge in [-0.3, -0.25) is 4.79 Å². The molecule has 0 spiro atoms. The Bertz CT molecular complexity index is 821. The van der Waals surface area contributed by atoms with E-state index in [1.54, 1.807) is 48.9 Å². The highest BCUT2D eigenvalue weighted by Gasteiger charge is 2.08. The normalized spacial score (nSPS) is 10.4. The highest BCUT2D eigenvalue weighted by atomic mass is 35.5. The van der Waals surface area contributed by atoms with Gasteiger partial charge in [-0.2, -0.15) is 0 Å². The fourth-order valence-corrected chi connectivity index (χ4v) is 2.28. The minimum Gasteiger partial charge on any atom is -0.484 e. The summed E-state index contributed by atoms with van der Waals surface area (Å²) in [5.41, 5.74) is 0. The molecule has 1 N–H and O–H groups in total. The van der Waals surface area contributed by atoms with Gasteiger partial charge >= 0.3 is 0 Å². The topological polar surface area (TPSA) is 81.9 Å². The van der Waals surface area contributed by atoms with Gasteiger partial charge in [-0.15, -0.1) is 0 Å². The second-order valence-electron chi connectivity index (χ2n) is 5.11. The molecule has 0 saturated heterocycles. The van der Waals surface area contributed by atoms with Crippen LogP contribution in [0.5, 0.6) is 5.75 Å². The highest BCUT2D eigenvalue weighted by molar-refractivity contribution is 6.30. The zero-order valence-electron chi connectivity index (χ0n) is 13.3. The van der Waals surface area contributed by atoms with E-state index in [-0.39, 0.29) is 12.5 Å². The Morgan fingerprint density at radius 2 is 1.88 bits per heavy atom. The van der Waals surface area contributed by atoms with Gasteiger partial charge < -0.3 is 14.6 Å². The van der Waals surface area contributed by atoms with E-state index in [2.05, 4.69) is 20.3 Å². The molecule has 1 aromatic carbocycles. The quantitative estimate of drug-likeness (QED) is 0.701. The van der Waals surface area contributed by atoms with E-state index in [0.29, 0.717) is 35.5 Å². The zero-order chi connectivity index (χ0) is 17.5. The van der Waals surface area contributed by atoms with Crippen molar-refractivity contribution in [3.63, 3.8) is 0 Å². The van der Waals surface area contributed by atoms with Crippen molar-refractivity contribution in [2.75, 3.05) is 13.2 Å². The van der Waals surface area contributed by atoms with Crippen molar-refractivity contribution in [2.45, 2.75) is 6.54 Å². The molecule has 0 radical (unpaired) electrons. The summed E-state index contributed by atoms with van der Waals surface area (Å²) in [6, 6.07) is 8.60. The number of benzene rings is 1. The van der Waals surface area contributed by atoms with Crippen LogP contribution in [0.25, 0.3) is 11.6 Å². The number of ether oxygens (including phenoxy) is 1. The molecular formula is C17H16ClN5O2. The van der Waals surface area contributed by atoms with E-state index in [4.69, 9.17) is 16.3 Å². The number of imidazole rings is 1. The lowest BCUT2D eigenvalue weighted by molar-refractivity contribution is -0.123. The first-order valence-corrected chi connectivity index (χ1v) is 8.04. The average Bonchev–Trinajstić information content (AvgIpc) is 3.10. The van der Waals surface area contributed by atoms with Crippen molar-refractivity contribution in [3.8, 4) is 17.4 Å². The van der Waals surface area contributed by atoms with Crippen LogP contribution < -0.4 is 10.1 Å². The van der Waals surface area contributed by atoms with Crippen LogP contribution in [-0.2, 0) is 11.3 Å². The van der Waals surface area contributed by atoms with Gasteiger partial charge in [0.2, 0.25) is 0 Å². The Hall–Kier alpha value is -2.93. The van der Waals surface area contributed by atoms with E-state index in [9.17, 15) is 4.79 Å². The van der Waals surface area contributed by atoms with Gasteiger partial charge in [0.25, 0.3) is 5.91 Å². The van der Waals surface area contributed by atoms with E-state index in [0.717, 1.165) is 0 Å². The summed E-state index contributed by atoms with van der Waals surface area (Å²) in [4.78, 5) is 24.5. The molecule has 0 aliphatic carbocycles. The molecule has 0 aliphatic rings. The predicted octanol–water partition coefficient (Wildman–Crippen LogP) is 2.19. The van der Waals surface area contributed by atoms with Gasteiger partial charge in [0.15, 0.2) is 18.3 Å². The monoisotopic (exact) mass is 357 g/mol. The maximum absolute atomic E-state index is 11.9. The Labute approximate surface area is 149 Å². The van der Waals surface area contributed by atoms with Crippen LogP contribution in [0.4, 0.5) is 0 Å². The number of nitrogens with zero attached hydrogens (tertiary/aromatic N) is 4. The van der Waals surface area contributed by atoms with Gasteiger partial charge in [-0.05, 0) is 30.3 Å². The third kappa shape index (κ3) is 4.77. The molecule has 0 fully saturated rings. The summed E-state index contributed by atoms with van der Waals surface area (Å²) in [6.07, 6.45) is 6.83. The number of rotatable bonds is 7. The first kappa shape index (κ1) is 16.9. The second-order valence-corrected chi connectivity index (χ2v) is 5.55. The minimum absolute atomic E-state index is 0.0553. The van der Waals surface area contributed by atoms with Crippen LogP contribution in [0, 0.1) is 0 Å². The number of carbonyl (C=O) groups is 1. The Morgan fingerprint density at radius 3 is 2.64 bits per heavy atom. The molecule has 8 heteroatoms. The molecule has 0 atom stereocenters. The van der Waals surface area contributed by atoms with E-state index in [1.807, 2.05) is 10.8 Å². The number of aromatic nitrogens is 4. The van der Waals surface area contributed by atoms with Crippen LogP contribution in [-0.4, -0.2) is 38.6 Å². The molecule has 3 aromatic rings. The smallest absolute Gasteiger partial charge is 0.258 e. The molecule has 25 heavy (non-hydrogen) atoms. The minimum atomic E-state index is -0.201. The SMILES string of the molecule is O=C(COc1ccc(Cl)cc1)NCCn1ccnc1-c1ncccn1. The standard InChI is InChI=1S/C17H16ClN5O2/c18-13-2-4-14(5-3-13)25-12-15(24)19-8-10-23-11-9-22-17(23)16-20-6-1-7-21-16/h1-7,9,11H,8,10,12H2,(H,19,24). The molecule has 0 bridgehead atoms. The molecule has 128 valence electrons. The molecule has 7 nitrogen and oxygen atoms in total. The molecule has 2 heterocycles. The molecule has 1 amide bonds. The van der Waals surface area contributed by atoms with Crippen LogP contribution >= 0.6 is 11.6 Å². The molecule has 3 rings (SSSR count). The van der Waals surface area contributed by atoms with Gasteiger partial charge in [-0.25, -0.2) is 15.0 Å². The first-order valence-electron chi connectivity index (χ1n) is 7.66. The Morgan fingerprint density at radius 1 is 1.12 bits per heavy atom. The number of amides is 1. The highest BCUT2D eigenvalue weighted by Crippen LogP contribution is 2.15. The van der Waals surface area contributed by atoms with Gasteiger partial charge in [0.1, 0.15) is 5.75 Å². The zero-order valence-corrected chi connectivity index (χ0v) is 14.1. The van der Waals surface area contributed by atoms with E-state index in [1.165, 1.54) is 0 Å². The first-order chi connectivity index (χ1) is 12.2. The van der Waals surface area contributed by atoms with Gasteiger partial charge in [0, 0.05) is 42.9 Å². The van der Waals surface area contributed by atoms with E-state index < -0.39 is 0 Å². The predicted molar refractivity (Wildman–Crippen MR) is 93.2 cm³/mol. The van der Waals surface area contributed by atoms with Crippen LogP contribution in [0.15, 0.2) is 55.1 Å². The fraction of sp³-hybridized carbons (Fsp3) is 0.176. The summed E-state index contributed by atoms with van der Waals surface area (Å²) in [5.74, 6) is 1.60. The molecule has 0 saturated carbocycles. The van der Waals surface area contributed by atoms with Crippen molar-refractivity contribution in [1.29, 1.82) is 0 Å². The Balaban J connectivity index is 1.46. The van der Waals surface area contributed by atoms with Crippen molar-refractivity contribution in [3.05, 3.63) is 60.1 Å². The number of carbonyl (C=O) groups excluding carboxylic acids is 1. The maximum atomic E-state index is 11.9. The van der Waals surface area contributed by atoms with Crippen LogP contribution in [0.3, 0.4) is 0 Å². The lowest BCUT2D eigenvalue weighted by Gasteiger charge is -2.09. The fourth-order valence-electron chi connectivity index (χ4n) is 2.16. The molecule has 0 aliphatic heterocycles. The van der Waals surface area contributed by atoms with Crippen LogP contribution in [0.2, 0.25) is 5.02 Å². The lowest BCUT2D eigenvalue weighted by atomic mass is 10.3. The number of hydrogen-bond acceptors (Lipinski definition) is 5.